The summed E-state index contributed by atoms with van der Waals surface area (Å²) in [5.74, 6) is 0. The molecule has 0 saturated heterocycles. The summed E-state index contributed by atoms with van der Waals surface area (Å²) in [6.45, 7) is 9.84. The standard InChI is InChI=1S/C19H32N2S/c1-5-9-10-12-20-19(22)21-18-16(7-3)13-15(11-6-2)14-17(18)8-4/h13-14H,5-12H2,1-4H3,(H2,20,21,22). The van der Waals surface area contributed by atoms with Crippen molar-refractivity contribution in [2.24, 2.45) is 0 Å². The molecule has 22 heavy (non-hydrogen) atoms. The van der Waals surface area contributed by atoms with E-state index in [1.54, 1.807) is 0 Å². The molecule has 0 saturated carbocycles. The monoisotopic (exact) mass is 320 g/mol. The molecule has 0 bridgehead atoms. The van der Waals surface area contributed by atoms with Gasteiger partial charge in [0, 0.05) is 12.2 Å². The van der Waals surface area contributed by atoms with Gasteiger partial charge in [-0.15, -0.1) is 0 Å². The highest BCUT2D eigenvalue weighted by molar-refractivity contribution is 7.80. The molecule has 0 aliphatic heterocycles. The highest BCUT2D eigenvalue weighted by Crippen LogP contribution is 2.25. The number of rotatable bonds is 9. The molecule has 0 aliphatic carbocycles. The molecule has 0 aromatic heterocycles. The minimum atomic E-state index is 0.753. The number of thiocarbonyl (C=S) groups is 1. The fraction of sp³-hybridized carbons (Fsp3) is 0.632. The number of anilines is 1. The molecule has 0 amide bonds. The summed E-state index contributed by atoms with van der Waals surface area (Å²) in [5, 5.41) is 7.53. The van der Waals surface area contributed by atoms with Gasteiger partial charge in [-0.25, -0.2) is 0 Å². The van der Waals surface area contributed by atoms with Gasteiger partial charge >= 0.3 is 0 Å². The van der Waals surface area contributed by atoms with E-state index in [4.69, 9.17) is 12.2 Å². The summed E-state index contributed by atoms with van der Waals surface area (Å²) in [7, 11) is 0. The zero-order valence-electron chi connectivity index (χ0n) is 14.7. The van der Waals surface area contributed by atoms with Crippen molar-refractivity contribution in [1.82, 2.24) is 5.32 Å². The van der Waals surface area contributed by atoms with E-state index >= 15 is 0 Å². The van der Waals surface area contributed by atoms with E-state index in [9.17, 15) is 0 Å². The maximum atomic E-state index is 5.46. The second-order valence-electron chi connectivity index (χ2n) is 5.83. The summed E-state index contributed by atoms with van der Waals surface area (Å²) in [4.78, 5) is 0. The van der Waals surface area contributed by atoms with Crippen LogP contribution < -0.4 is 10.6 Å². The Labute approximate surface area is 142 Å². The molecule has 0 radical (unpaired) electrons. The van der Waals surface area contributed by atoms with Crippen molar-refractivity contribution >= 4 is 23.0 Å². The quantitative estimate of drug-likeness (QED) is 0.480. The smallest absolute Gasteiger partial charge is 0.170 e. The van der Waals surface area contributed by atoms with E-state index in [1.165, 1.54) is 48.1 Å². The Bertz CT molecular complexity index is 443. The van der Waals surface area contributed by atoms with Crippen LogP contribution in [0.3, 0.4) is 0 Å². The van der Waals surface area contributed by atoms with Gasteiger partial charge < -0.3 is 10.6 Å². The van der Waals surface area contributed by atoms with E-state index in [0.717, 1.165) is 30.9 Å². The molecule has 0 spiro atoms. The summed E-state index contributed by atoms with van der Waals surface area (Å²) >= 11 is 5.46. The van der Waals surface area contributed by atoms with E-state index in [-0.39, 0.29) is 0 Å². The number of hydrogen-bond acceptors (Lipinski definition) is 1. The first-order valence-electron chi connectivity index (χ1n) is 8.85. The van der Waals surface area contributed by atoms with Gasteiger partial charge in [-0.2, -0.15) is 0 Å². The average Bonchev–Trinajstić information content (AvgIpc) is 2.52. The first-order chi connectivity index (χ1) is 10.7. The normalized spacial score (nSPS) is 10.5. The number of nitrogens with one attached hydrogen (secondary N) is 2. The van der Waals surface area contributed by atoms with Crippen LogP contribution in [0.4, 0.5) is 5.69 Å². The van der Waals surface area contributed by atoms with Crippen molar-refractivity contribution in [2.45, 2.75) is 72.6 Å². The van der Waals surface area contributed by atoms with Crippen molar-refractivity contribution in [1.29, 1.82) is 0 Å². The molecule has 1 aromatic rings. The summed E-state index contributed by atoms with van der Waals surface area (Å²) in [6, 6.07) is 4.68. The van der Waals surface area contributed by atoms with Gasteiger partial charge in [0.1, 0.15) is 0 Å². The van der Waals surface area contributed by atoms with Crippen LogP contribution in [0.5, 0.6) is 0 Å². The number of aryl methyl sites for hydroxylation is 3. The predicted molar refractivity (Wildman–Crippen MR) is 103 cm³/mol. The van der Waals surface area contributed by atoms with Gasteiger partial charge in [0.25, 0.3) is 0 Å². The molecule has 3 heteroatoms. The second kappa shape index (κ2) is 10.6. The number of hydrogen-bond donors (Lipinski definition) is 2. The summed E-state index contributed by atoms with van der Waals surface area (Å²) < 4.78 is 0. The molecule has 0 aliphatic rings. The van der Waals surface area contributed by atoms with Crippen LogP contribution in [-0.2, 0) is 19.3 Å². The minimum absolute atomic E-state index is 0.753. The molecule has 0 heterocycles. The maximum absolute atomic E-state index is 5.46. The number of benzene rings is 1. The highest BCUT2D eigenvalue weighted by atomic mass is 32.1. The van der Waals surface area contributed by atoms with Gasteiger partial charge in [-0.1, -0.05) is 59.1 Å². The molecule has 0 fully saturated rings. The SMILES string of the molecule is CCCCCNC(=S)Nc1c(CC)cc(CCC)cc1CC. The largest absolute Gasteiger partial charge is 0.362 e. The van der Waals surface area contributed by atoms with E-state index in [1.807, 2.05) is 0 Å². The van der Waals surface area contributed by atoms with Gasteiger partial charge in [0.05, 0.1) is 0 Å². The molecular formula is C19H32N2S. The average molecular weight is 321 g/mol. The molecule has 0 unspecified atom stereocenters. The summed E-state index contributed by atoms with van der Waals surface area (Å²) in [5.41, 5.74) is 5.42. The lowest BCUT2D eigenvalue weighted by atomic mass is 9.97. The van der Waals surface area contributed by atoms with Crippen molar-refractivity contribution < 1.29 is 0 Å². The minimum Gasteiger partial charge on any atom is -0.362 e. The fourth-order valence-corrected chi connectivity index (χ4v) is 2.93. The zero-order chi connectivity index (χ0) is 16.4. The molecule has 0 atom stereocenters. The van der Waals surface area contributed by atoms with Gasteiger partial charge in [0.15, 0.2) is 5.11 Å². The third-order valence-corrected chi connectivity index (χ3v) is 4.21. The van der Waals surface area contributed by atoms with Crippen LogP contribution in [0.15, 0.2) is 12.1 Å². The number of unbranched alkanes of at least 4 members (excludes halogenated alkanes) is 2. The van der Waals surface area contributed by atoms with Gasteiger partial charge in [-0.3, -0.25) is 0 Å². The van der Waals surface area contributed by atoms with E-state index in [2.05, 4.69) is 50.5 Å². The second-order valence-corrected chi connectivity index (χ2v) is 6.24. The Morgan fingerprint density at radius 1 is 0.955 bits per heavy atom. The first kappa shape index (κ1) is 19.0. The van der Waals surface area contributed by atoms with E-state index < -0.39 is 0 Å². The Morgan fingerprint density at radius 2 is 1.59 bits per heavy atom. The Hall–Kier alpha value is -1.09. The van der Waals surface area contributed by atoms with Crippen molar-refractivity contribution in [3.8, 4) is 0 Å². The Balaban J connectivity index is 2.81. The Kier molecular flexibility index (Phi) is 9.14. The molecule has 1 rings (SSSR count). The molecule has 2 N–H and O–H groups in total. The fourth-order valence-electron chi connectivity index (χ4n) is 2.73. The summed E-state index contributed by atoms with van der Waals surface area (Å²) in [6.07, 6.45) is 8.07. The van der Waals surface area contributed by atoms with Crippen molar-refractivity contribution in [3.05, 3.63) is 28.8 Å². The van der Waals surface area contributed by atoms with Gasteiger partial charge in [-0.05, 0) is 54.6 Å². The van der Waals surface area contributed by atoms with Crippen LogP contribution in [0.2, 0.25) is 0 Å². The maximum Gasteiger partial charge on any atom is 0.170 e. The Morgan fingerprint density at radius 3 is 2.09 bits per heavy atom. The molecule has 124 valence electrons. The molecule has 1 aromatic carbocycles. The van der Waals surface area contributed by atoms with Crippen LogP contribution >= 0.6 is 12.2 Å². The van der Waals surface area contributed by atoms with Crippen molar-refractivity contribution in [3.63, 3.8) is 0 Å². The lowest BCUT2D eigenvalue weighted by Crippen LogP contribution is -2.30. The van der Waals surface area contributed by atoms with Gasteiger partial charge in [0.2, 0.25) is 0 Å². The van der Waals surface area contributed by atoms with E-state index in [0.29, 0.717) is 0 Å². The van der Waals surface area contributed by atoms with Crippen LogP contribution in [0, 0.1) is 0 Å². The van der Waals surface area contributed by atoms with Crippen LogP contribution in [0.1, 0.15) is 70.1 Å². The molecular weight excluding hydrogens is 288 g/mol. The zero-order valence-corrected chi connectivity index (χ0v) is 15.5. The topological polar surface area (TPSA) is 24.1 Å². The van der Waals surface area contributed by atoms with Crippen LogP contribution in [0.25, 0.3) is 0 Å². The lowest BCUT2D eigenvalue weighted by Gasteiger charge is -2.18. The first-order valence-corrected chi connectivity index (χ1v) is 9.26. The molecule has 2 nitrogen and oxygen atoms in total. The predicted octanol–water partition coefficient (Wildman–Crippen LogP) is 5.24. The highest BCUT2D eigenvalue weighted by Gasteiger charge is 2.10. The third-order valence-electron chi connectivity index (χ3n) is 3.97. The third kappa shape index (κ3) is 5.96. The lowest BCUT2D eigenvalue weighted by molar-refractivity contribution is 0.697. The van der Waals surface area contributed by atoms with Crippen LogP contribution in [-0.4, -0.2) is 11.7 Å². The van der Waals surface area contributed by atoms with Crippen molar-refractivity contribution in [2.75, 3.05) is 11.9 Å².